The minimum Gasteiger partial charge on any atom is -0.474 e. The van der Waals surface area contributed by atoms with Gasteiger partial charge in [-0.15, -0.1) is 5.10 Å². The van der Waals surface area contributed by atoms with E-state index in [9.17, 15) is 5.26 Å². The van der Waals surface area contributed by atoms with Gasteiger partial charge in [0.25, 0.3) is 0 Å². The van der Waals surface area contributed by atoms with E-state index < -0.39 is 5.82 Å². The molecule has 0 bridgehead atoms. The van der Waals surface area contributed by atoms with Crippen LogP contribution >= 0.6 is 11.6 Å². The van der Waals surface area contributed by atoms with Crippen molar-refractivity contribution >= 4 is 33.5 Å². The number of benzene rings is 2. The summed E-state index contributed by atoms with van der Waals surface area (Å²) in [5.41, 5.74) is 2.33. The number of nitriles is 1. The van der Waals surface area contributed by atoms with E-state index >= 15 is 4.39 Å². The molecule has 0 spiro atoms. The molecule has 4 aromatic rings. The van der Waals surface area contributed by atoms with Crippen molar-refractivity contribution in [3.8, 4) is 23.1 Å². The Bertz CT molecular complexity index is 1520. The Labute approximate surface area is 225 Å². The second-order valence-corrected chi connectivity index (χ2v) is 10.6. The van der Waals surface area contributed by atoms with Crippen LogP contribution in [0.3, 0.4) is 0 Å². The van der Waals surface area contributed by atoms with Crippen LogP contribution in [-0.2, 0) is 0 Å². The van der Waals surface area contributed by atoms with E-state index in [0.29, 0.717) is 45.6 Å². The molecule has 0 aliphatic carbocycles. The van der Waals surface area contributed by atoms with E-state index in [4.69, 9.17) is 16.3 Å². The molecule has 10 heteroatoms. The summed E-state index contributed by atoms with van der Waals surface area (Å²) >= 11 is 6.72. The largest absolute Gasteiger partial charge is 0.474 e. The summed E-state index contributed by atoms with van der Waals surface area (Å²) in [5.74, 6) is -0.217. The molecule has 0 amide bonds. The Morgan fingerprint density at radius 2 is 2.08 bits per heavy atom. The van der Waals surface area contributed by atoms with Gasteiger partial charge in [-0.1, -0.05) is 47.1 Å². The lowest BCUT2D eigenvalue weighted by Crippen LogP contribution is -2.38. The van der Waals surface area contributed by atoms with Crippen LogP contribution in [0, 0.1) is 17.1 Å². The van der Waals surface area contributed by atoms with E-state index in [1.54, 1.807) is 6.07 Å². The van der Waals surface area contributed by atoms with Crippen molar-refractivity contribution in [2.45, 2.75) is 50.2 Å². The zero-order valence-electron chi connectivity index (χ0n) is 21.2. The Morgan fingerprint density at radius 3 is 2.84 bits per heavy atom. The highest BCUT2D eigenvalue weighted by Gasteiger charge is 2.29. The Hall–Kier alpha value is -3.32. The van der Waals surface area contributed by atoms with Gasteiger partial charge in [0.2, 0.25) is 5.88 Å². The first-order valence-corrected chi connectivity index (χ1v) is 13.5. The number of pyridine rings is 1. The molecular formula is C28H29ClFN7O. The predicted molar refractivity (Wildman–Crippen MR) is 145 cm³/mol. The topological polar surface area (TPSA) is 91.9 Å². The van der Waals surface area contributed by atoms with Gasteiger partial charge >= 0.3 is 0 Å². The highest BCUT2D eigenvalue weighted by atomic mass is 35.5. The summed E-state index contributed by atoms with van der Waals surface area (Å²) in [5, 5.41) is 22.5. The Morgan fingerprint density at radius 1 is 1.24 bits per heavy atom. The molecule has 2 aliphatic heterocycles. The third-order valence-electron chi connectivity index (χ3n) is 7.86. The standard InChI is InChI=1S/C28H29ClFN7O/c1-36-13-5-8-20(36)16-38-28-26-27(37(35-34-26)19-10-12-32-18(14-19)9-11-31)21-15-22(29)23(24(30)25(21)33-28)17-6-3-2-4-7-17/h2-4,6-7,15,18-20,32H,5,8-10,12-14,16H2,1H3/t18-,19+,20+/m1/s1. The van der Waals surface area contributed by atoms with Crippen molar-refractivity contribution < 1.29 is 9.13 Å². The van der Waals surface area contributed by atoms with Gasteiger partial charge in [-0.25, -0.2) is 14.1 Å². The fraction of sp³-hybridized carbons (Fsp3) is 0.429. The number of nitrogens with one attached hydrogen (secondary N) is 1. The first kappa shape index (κ1) is 25.0. The first-order chi connectivity index (χ1) is 18.5. The van der Waals surface area contributed by atoms with Crippen LogP contribution in [0.5, 0.6) is 5.88 Å². The summed E-state index contributed by atoms with van der Waals surface area (Å²) in [6, 6.07) is 13.6. The monoisotopic (exact) mass is 533 g/mol. The van der Waals surface area contributed by atoms with Crippen molar-refractivity contribution in [2.24, 2.45) is 0 Å². The van der Waals surface area contributed by atoms with Gasteiger partial charge in [0.15, 0.2) is 11.3 Å². The molecule has 2 aliphatic rings. The van der Waals surface area contributed by atoms with Crippen LogP contribution in [0.25, 0.3) is 33.1 Å². The van der Waals surface area contributed by atoms with Gasteiger partial charge in [-0.05, 0) is 57.5 Å². The van der Waals surface area contributed by atoms with Gasteiger partial charge < -0.3 is 15.0 Å². The SMILES string of the molecule is CN1CCC[C@H]1COc1nc2c(F)c(-c3ccccc3)c(Cl)cc2c2c1nnn2[C@H]1CCN[C@H](CC#N)C1. The van der Waals surface area contributed by atoms with E-state index in [0.717, 1.165) is 38.8 Å². The molecule has 4 heterocycles. The van der Waals surface area contributed by atoms with Crippen LogP contribution in [0.1, 0.15) is 38.1 Å². The van der Waals surface area contributed by atoms with E-state index in [1.807, 2.05) is 35.0 Å². The number of hydrogen-bond acceptors (Lipinski definition) is 7. The maximum absolute atomic E-state index is 16.3. The van der Waals surface area contributed by atoms with Crippen LogP contribution < -0.4 is 10.1 Å². The van der Waals surface area contributed by atoms with Gasteiger partial charge in [0, 0.05) is 23.0 Å². The number of likely N-dealkylation sites (tertiary alicyclic amines) is 1. The fourth-order valence-corrected chi connectivity index (χ4v) is 6.10. The Balaban J connectivity index is 1.52. The number of nitrogens with zero attached hydrogens (tertiary/aromatic N) is 6. The molecule has 38 heavy (non-hydrogen) atoms. The summed E-state index contributed by atoms with van der Waals surface area (Å²) in [4.78, 5) is 6.94. The van der Waals surface area contributed by atoms with Gasteiger partial charge in [0.05, 0.1) is 23.6 Å². The third kappa shape index (κ3) is 4.47. The maximum Gasteiger partial charge on any atom is 0.245 e. The lowest BCUT2D eigenvalue weighted by molar-refractivity contribution is 0.195. The first-order valence-electron chi connectivity index (χ1n) is 13.1. The average molecular weight is 534 g/mol. The normalized spacial score (nSPS) is 22.2. The number of ether oxygens (including phenoxy) is 1. The molecule has 6 rings (SSSR count). The second kappa shape index (κ2) is 10.4. The number of likely N-dealkylation sites (N-methyl/N-ethyl adjacent to an activating group) is 1. The number of halogens is 2. The summed E-state index contributed by atoms with van der Waals surface area (Å²) in [6.07, 6.45) is 4.10. The van der Waals surface area contributed by atoms with E-state index in [-0.39, 0.29) is 29.5 Å². The lowest BCUT2D eigenvalue weighted by atomic mass is 9.97. The number of rotatable bonds is 6. The third-order valence-corrected chi connectivity index (χ3v) is 8.15. The molecule has 2 fully saturated rings. The summed E-state index contributed by atoms with van der Waals surface area (Å²) < 4.78 is 24.4. The van der Waals surface area contributed by atoms with Crippen LogP contribution in [0.2, 0.25) is 5.02 Å². The second-order valence-electron chi connectivity index (χ2n) is 10.2. The van der Waals surface area contributed by atoms with Gasteiger partial charge in [0.1, 0.15) is 17.6 Å². The van der Waals surface area contributed by atoms with Crippen molar-refractivity contribution in [3.05, 3.63) is 47.2 Å². The number of piperidine rings is 1. The van der Waals surface area contributed by atoms with Crippen LogP contribution in [-0.4, -0.2) is 63.7 Å². The molecule has 2 saturated heterocycles. The van der Waals surface area contributed by atoms with Crippen molar-refractivity contribution in [3.63, 3.8) is 0 Å². The van der Waals surface area contributed by atoms with Crippen molar-refractivity contribution in [1.82, 2.24) is 30.2 Å². The molecule has 0 saturated carbocycles. The van der Waals surface area contributed by atoms with Crippen LogP contribution in [0.15, 0.2) is 36.4 Å². The highest BCUT2D eigenvalue weighted by Crippen LogP contribution is 2.40. The predicted octanol–water partition coefficient (Wildman–Crippen LogP) is 5.12. The molecule has 2 aromatic carbocycles. The fourth-order valence-electron chi connectivity index (χ4n) is 5.80. The lowest BCUT2D eigenvalue weighted by Gasteiger charge is -2.29. The van der Waals surface area contributed by atoms with Gasteiger partial charge in [-0.3, -0.25) is 0 Å². The zero-order chi connectivity index (χ0) is 26.2. The maximum atomic E-state index is 16.3. The zero-order valence-corrected chi connectivity index (χ0v) is 22.0. The van der Waals surface area contributed by atoms with Crippen molar-refractivity contribution in [1.29, 1.82) is 5.26 Å². The molecule has 3 atom stereocenters. The molecule has 1 N–H and O–H groups in total. The smallest absolute Gasteiger partial charge is 0.245 e. The summed E-state index contributed by atoms with van der Waals surface area (Å²) in [7, 11) is 2.09. The Kier molecular flexibility index (Phi) is 6.87. The minimum absolute atomic E-state index is 0.00495. The molecule has 8 nitrogen and oxygen atoms in total. The number of aromatic nitrogens is 4. The summed E-state index contributed by atoms with van der Waals surface area (Å²) in [6.45, 7) is 2.22. The number of fused-ring (bicyclic) bond motifs is 3. The molecule has 196 valence electrons. The average Bonchev–Trinajstić information content (AvgIpc) is 3.55. The molecular weight excluding hydrogens is 505 g/mol. The highest BCUT2D eigenvalue weighted by molar-refractivity contribution is 6.34. The van der Waals surface area contributed by atoms with E-state index in [2.05, 4.69) is 38.6 Å². The van der Waals surface area contributed by atoms with E-state index in [1.165, 1.54) is 0 Å². The molecule has 2 aromatic heterocycles. The van der Waals surface area contributed by atoms with Crippen molar-refractivity contribution in [2.75, 3.05) is 26.7 Å². The minimum atomic E-state index is -0.496. The quantitative estimate of drug-likeness (QED) is 0.368. The van der Waals surface area contributed by atoms with Gasteiger partial charge in [-0.2, -0.15) is 5.26 Å². The molecule has 0 radical (unpaired) electrons. The van der Waals surface area contributed by atoms with Crippen LogP contribution in [0.4, 0.5) is 4.39 Å². The molecule has 0 unspecified atom stereocenters. The number of hydrogen-bond donors (Lipinski definition) is 1.